The maximum absolute atomic E-state index is 9.45. The number of methoxy groups -OCH3 is 1. The van der Waals surface area contributed by atoms with Crippen LogP contribution in [0.2, 0.25) is 0 Å². The lowest BCUT2D eigenvalue weighted by Gasteiger charge is -2.40. The lowest BCUT2D eigenvalue weighted by Crippen LogP contribution is -2.31. The van der Waals surface area contributed by atoms with Crippen LogP contribution in [-0.2, 0) is 5.41 Å². The third kappa shape index (κ3) is 3.31. The Morgan fingerprint density at radius 1 is 1.10 bits per heavy atom. The summed E-state index contributed by atoms with van der Waals surface area (Å²) < 4.78 is 5.61. The quantitative estimate of drug-likeness (QED) is 0.600. The second-order valence-corrected chi connectivity index (χ2v) is 6.00. The first kappa shape index (κ1) is 15.7. The lowest BCUT2D eigenvalue weighted by molar-refractivity contribution is 0.321. The van der Waals surface area contributed by atoms with Crippen LogP contribution in [0, 0.1) is 0 Å². The molecule has 2 rings (SSSR count). The minimum Gasteiger partial charge on any atom is -0.513 e. The zero-order chi connectivity index (χ0) is 15.3. The molecule has 0 unspecified atom stereocenters. The highest BCUT2D eigenvalue weighted by atomic mass is 16.5. The van der Waals surface area contributed by atoms with Gasteiger partial charge in [-0.3, -0.25) is 0 Å². The van der Waals surface area contributed by atoms with Crippen LogP contribution >= 0.6 is 0 Å². The summed E-state index contributed by atoms with van der Waals surface area (Å²) in [6.45, 7) is 3.89. The van der Waals surface area contributed by atoms with Crippen LogP contribution < -0.4 is 4.74 Å². The second kappa shape index (κ2) is 6.84. The largest absolute Gasteiger partial charge is 0.513 e. The summed E-state index contributed by atoms with van der Waals surface area (Å²) in [5, 5.41) is 9.45. The third-order valence-electron chi connectivity index (χ3n) is 4.66. The third-order valence-corrected chi connectivity index (χ3v) is 4.66. The molecule has 1 aromatic rings. The van der Waals surface area contributed by atoms with Crippen molar-refractivity contribution in [3.05, 3.63) is 53.3 Å². The predicted molar refractivity (Wildman–Crippen MR) is 87.9 cm³/mol. The molecule has 0 radical (unpaired) electrons. The van der Waals surface area contributed by atoms with Gasteiger partial charge in [0.2, 0.25) is 0 Å². The van der Waals surface area contributed by atoms with E-state index < -0.39 is 0 Å². The number of para-hydroxylation sites is 1. The van der Waals surface area contributed by atoms with Crippen molar-refractivity contribution in [1.29, 1.82) is 0 Å². The maximum atomic E-state index is 9.45. The topological polar surface area (TPSA) is 29.5 Å². The summed E-state index contributed by atoms with van der Waals surface area (Å²) in [5.41, 5.74) is 2.63. The van der Waals surface area contributed by atoms with Crippen molar-refractivity contribution in [3.8, 4) is 5.75 Å². The molecule has 1 saturated carbocycles. The van der Waals surface area contributed by atoms with E-state index in [1.165, 1.54) is 30.4 Å². The van der Waals surface area contributed by atoms with Crippen molar-refractivity contribution >= 4 is 0 Å². The van der Waals surface area contributed by atoms with Gasteiger partial charge >= 0.3 is 0 Å². The fourth-order valence-electron chi connectivity index (χ4n) is 3.48. The van der Waals surface area contributed by atoms with E-state index in [1.807, 2.05) is 12.1 Å². The standard InChI is InChI=1S/C19H26O2/c1-15(11-12-16(2)20)19(13-7-4-8-14-19)17-9-5-6-10-18(17)21-3/h5-6,9-12,20H,4,7-8,13-14H2,1-3H3/b15-11+,16-12+. The van der Waals surface area contributed by atoms with Crippen LogP contribution in [0.1, 0.15) is 51.5 Å². The molecule has 21 heavy (non-hydrogen) atoms. The highest BCUT2D eigenvalue weighted by Crippen LogP contribution is 2.47. The summed E-state index contributed by atoms with van der Waals surface area (Å²) >= 11 is 0. The van der Waals surface area contributed by atoms with Crippen LogP contribution in [0.15, 0.2) is 47.7 Å². The van der Waals surface area contributed by atoms with Crippen molar-refractivity contribution in [3.63, 3.8) is 0 Å². The van der Waals surface area contributed by atoms with Gasteiger partial charge < -0.3 is 9.84 Å². The molecule has 0 atom stereocenters. The fraction of sp³-hybridized carbons (Fsp3) is 0.474. The van der Waals surface area contributed by atoms with Crippen molar-refractivity contribution in [2.24, 2.45) is 0 Å². The Morgan fingerprint density at radius 3 is 2.38 bits per heavy atom. The SMILES string of the molecule is COc1ccccc1C1(/C(C)=C/C=C(\C)O)CCCCC1. The monoisotopic (exact) mass is 286 g/mol. The van der Waals surface area contributed by atoms with Crippen LogP contribution in [0.4, 0.5) is 0 Å². The molecule has 0 bridgehead atoms. The minimum absolute atomic E-state index is 0.0385. The summed E-state index contributed by atoms with van der Waals surface area (Å²) in [7, 11) is 1.74. The van der Waals surface area contributed by atoms with E-state index in [-0.39, 0.29) is 5.41 Å². The van der Waals surface area contributed by atoms with Crippen LogP contribution in [-0.4, -0.2) is 12.2 Å². The van der Waals surface area contributed by atoms with Crippen LogP contribution in [0.25, 0.3) is 0 Å². The smallest absolute Gasteiger partial charge is 0.122 e. The summed E-state index contributed by atoms with van der Waals surface area (Å²) in [4.78, 5) is 0. The molecule has 114 valence electrons. The fourth-order valence-corrected chi connectivity index (χ4v) is 3.48. The molecule has 0 amide bonds. The first-order chi connectivity index (χ1) is 10.1. The van der Waals surface area contributed by atoms with E-state index in [0.717, 1.165) is 18.6 Å². The molecule has 0 aromatic heterocycles. The summed E-state index contributed by atoms with van der Waals surface area (Å²) in [5.74, 6) is 1.32. The van der Waals surface area contributed by atoms with Gasteiger partial charge in [0.25, 0.3) is 0 Å². The van der Waals surface area contributed by atoms with E-state index in [1.54, 1.807) is 20.1 Å². The Balaban J connectivity index is 2.51. The van der Waals surface area contributed by atoms with Gasteiger partial charge in [-0.15, -0.1) is 0 Å². The van der Waals surface area contributed by atoms with E-state index in [2.05, 4.69) is 25.1 Å². The Bertz CT molecular complexity index is 530. The number of rotatable bonds is 4. The molecular formula is C19H26O2. The van der Waals surface area contributed by atoms with Crippen LogP contribution in [0.3, 0.4) is 0 Å². The number of hydrogen-bond acceptors (Lipinski definition) is 2. The highest BCUT2D eigenvalue weighted by Gasteiger charge is 2.37. The minimum atomic E-state index is 0.0385. The van der Waals surface area contributed by atoms with Gasteiger partial charge in [-0.05, 0) is 38.8 Å². The molecule has 0 spiro atoms. The first-order valence-electron chi connectivity index (χ1n) is 7.78. The van der Waals surface area contributed by atoms with Crippen molar-refractivity contribution in [2.75, 3.05) is 7.11 Å². The summed E-state index contributed by atoms with van der Waals surface area (Å²) in [6, 6.07) is 8.35. The number of allylic oxidation sites excluding steroid dienone is 4. The second-order valence-electron chi connectivity index (χ2n) is 6.00. The maximum Gasteiger partial charge on any atom is 0.122 e. The number of ether oxygens (including phenoxy) is 1. The average Bonchev–Trinajstić information content (AvgIpc) is 2.53. The normalized spacial score (nSPS) is 19.4. The van der Waals surface area contributed by atoms with Crippen LogP contribution in [0.5, 0.6) is 5.75 Å². The Labute approximate surface area is 128 Å². The van der Waals surface area contributed by atoms with E-state index >= 15 is 0 Å². The van der Waals surface area contributed by atoms with Gasteiger partial charge in [0.1, 0.15) is 5.75 Å². The first-order valence-corrected chi connectivity index (χ1v) is 7.78. The zero-order valence-electron chi connectivity index (χ0n) is 13.4. The van der Waals surface area contributed by atoms with Crippen molar-refractivity contribution in [2.45, 2.75) is 51.4 Å². The molecular weight excluding hydrogens is 260 g/mol. The molecule has 2 heteroatoms. The molecule has 1 aromatic carbocycles. The van der Waals surface area contributed by atoms with Gasteiger partial charge in [0.15, 0.2) is 0 Å². The zero-order valence-corrected chi connectivity index (χ0v) is 13.4. The Hall–Kier alpha value is -1.70. The molecule has 0 heterocycles. The van der Waals surface area contributed by atoms with Crippen molar-refractivity contribution < 1.29 is 9.84 Å². The molecule has 1 aliphatic carbocycles. The Morgan fingerprint density at radius 2 is 1.76 bits per heavy atom. The predicted octanol–water partition coefficient (Wildman–Crippen LogP) is 5.31. The van der Waals surface area contributed by atoms with E-state index in [4.69, 9.17) is 4.74 Å². The Kier molecular flexibility index (Phi) is 5.11. The van der Waals surface area contributed by atoms with Gasteiger partial charge in [-0.1, -0.05) is 49.1 Å². The van der Waals surface area contributed by atoms with Gasteiger partial charge in [-0.2, -0.15) is 0 Å². The van der Waals surface area contributed by atoms with Gasteiger partial charge in [0, 0.05) is 11.0 Å². The van der Waals surface area contributed by atoms with E-state index in [9.17, 15) is 5.11 Å². The number of aliphatic hydroxyl groups excluding tert-OH is 1. The summed E-state index contributed by atoms with van der Waals surface area (Å²) in [6.07, 6.45) is 9.94. The van der Waals surface area contributed by atoms with Gasteiger partial charge in [-0.25, -0.2) is 0 Å². The molecule has 1 aliphatic rings. The molecule has 2 nitrogen and oxygen atoms in total. The number of aliphatic hydroxyl groups is 1. The van der Waals surface area contributed by atoms with E-state index in [0.29, 0.717) is 5.76 Å². The highest BCUT2D eigenvalue weighted by molar-refractivity contribution is 5.46. The van der Waals surface area contributed by atoms with Gasteiger partial charge in [0.05, 0.1) is 12.9 Å². The van der Waals surface area contributed by atoms with Crippen molar-refractivity contribution in [1.82, 2.24) is 0 Å². The molecule has 1 fully saturated rings. The molecule has 0 aliphatic heterocycles. The average molecular weight is 286 g/mol. The number of benzene rings is 1. The molecule has 0 saturated heterocycles. The lowest BCUT2D eigenvalue weighted by atomic mass is 9.65. The number of hydrogen-bond donors (Lipinski definition) is 1. The molecule has 1 N–H and O–H groups in total.